The molecule has 0 saturated heterocycles. The van der Waals surface area contributed by atoms with Gasteiger partial charge in [-0.05, 0) is 42.6 Å². The lowest BCUT2D eigenvalue weighted by atomic mass is 9.91. The average molecular weight is 345 g/mol. The number of rotatable bonds is 17. The van der Waals surface area contributed by atoms with Crippen LogP contribution in [0.2, 0.25) is 0 Å². The Morgan fingerprint density at radius 1 is 0.652 bits per heavy atom. The third kappa shape index (κ3) is 22.3. The van der Waals surface area contributed by atoms with Crippen LogP contribution in [0.5, 0.6) is 0 Å². The van der Waals surface area contributed by atoms with Crippen molar-refractivity contribution in [1.82, 2.24) is 0 Å². The lowest BCUT2D eigenvalue weighted by Crippen LogP contribution is -2.07. The lowest BCUT2D eigenvalue weighted by Gasteiger charge is -2.17. The minimum atomic E-state index is 0.456. The SMILES string of the molecule is CCSCCCCCCCCCCCCOCCCC(C)(C)C. The Kier molecular flexibility index (Phi) is 17.4. The van der Waals surface area contributed by atoms with Crippen molar-refractivity contribution in [2.24, 2.45) is 5.41 Å². The van der Waals surface area contributed by atoms with Gasteiger partial charge in [0, 0.05) is 13.2 Å². The fraction of sp³-hybridized carbons (Fsp3) is 1.00. The summed E-state index contributed by atoms with van der Waals surface area (Å²) in [6, 6.07) is 0. The molecule has 23 heavy (non-hydrogen) atoms. The summed E-state index contributed by atoms with van der Waals surface area (Å²) in [4.78, 5) is 0. The van der Waals surface area contributed by atoms with Crippen molar-refractivity contribution < 1.29 is 4.74 Å². The molecule has 0 aromatic heterocycles. The summed E-state index contributed by atoms with van der Waals surface area (Å²) in [6.07, 6.45) is 16.6. The number of thioether (sulfide) groups is 1. The third-order valence-electron chi connectivity index (χ3n) is 4.25. The second kappa shape index (κ2) is 17.1. The largest absolute Gasteiger partial charge is 0.381 e. The van der Waals surface area contributed by atoms with Crippen molar-refractivity contribution in [2.45, 2.75) is 105 Å². The van der Waals surface area contributed by atoms with Gasteiger partial charge in [0.25, 0.3) is 0 Å². The van der Waals surface area contributed by atoms with Crippen LogP contribution >= 0.6 is 11.8 Å². The van der Waals surface area contributed by atoms with Gasteiger partial charge in [-0.25, -0.2) is 0 Å². The molecule has 0 aliphatic rings. The van der Waals surface area contributed by atoms with Crippen LogP contribution in [0.25, 0.3) is 0 Å². The maximum Gasteiger partial charge on any atom is 0.0466 e. The van der Waals surface area contributed by atoms with Crippen molar-refractivity contribution in [2.75, 3.05) is 24.7 Å². The Balaban J connectivity index is 3.00. The van der Waals surface area contributed by atoms with Crippen LogP contribution in [-0.2, 0) is 4.74 Å². The van der Waals surface area contributed by atoms with Crippen molar-refractivity contribution in [3.05, 3.63) is 0 Å². The Morgan fingerprint density at radius 2 is 1.13 bits per heavy atom. The minimum absolute atomic E-state index is 0.456. The molecule has 0 fully saturated rings. The van der Waals surface area contributed by atoms with E-state index in [0.717, 1.165) is 13.2 Å². The lowest BCUT2D eigenvalue weighted by molar-refractivity contribution is 0.118. The Morgan fingerprint density at radius 3 is 1.65 bits per heavy atom. The molecule has 140 valence electrons. The van der Waals surface area contributed by atoms with Crippen molar-refractivity contribution in [1.29, 1.82) is 0 Å². The first-order valence-corrected chi connectivity index (χ1v) is 11.4. The molecule has 0 aromatic carbocycles. The quantitative estimate of drug-likeness (QED) is 0.253. The Hall–Kier alpha value is 0.310. The number of ether oxygens (including phenoxy) is 1. The van der Waals surface area contributed by atoms with Crippen LogP contribution < -0.4 is 0 Å². The van der Waals surface area contributed by atoms with E-state index >= 15 is 0 Å². The van der Waals surface area contributed by atoms with Crippen LogP contribution in [0, 0.1) is 5.41 Å². The van der Waals surface area contributed by atoms with Gasteiger partial charge in [-0.3, -0.25) is 0 Å². The van der Waals surface area contributed by atoms with Gasteiger partial charge in [-0.1, -0.05) is 79.1 Å². The minimum Gasteiger partial charge on any atom is -0.381 e. The predicted molar refractivity (Wildman–Crippen MR) is 109 cm³/mol. The molecule has 0 aliphatic carbocycles. The van der Waals surface area contributed by atoms with Gasteiger partial charge in [0.2, 0.25) is 0 Å². The van der Waals surface area contributed by atoms with E-state index in [1.807, 2.05) is 0 Å². The Labute approximate surface area is 151 Å². The average Bonchev–Trinajstić information content (AvgIpc) is 2.49. The molecule has 0 rings (SSSR count). The van der Waals surface area contributed by atoms with Crippen LogP contribution in [-0.4, -0.2) is 24.7 Å². The predicted octanol–water partition coefficient (Wildman–Crippen LogP) is 7.48. The molecule has 2 heteroatoms. The normalized spacial score (nSPS) is 12.0. The summed E-state index contributed by atoms with van der Waals surface area (Å²) in [7, 11) is 0. The van der Waals surface area contributed by atoms with Crippen molar-refractivity contribution in [3.63, 3.8) is 0 Å². The molecule has 0 radical (unpaired) electrons. The third-order valence-corrected chi connectivity index (χ3v) is 5.23. The number of hydrogen-bond donors (Lipinski definition) is 0. The molecule has 0 aliphatic heterocycles. The van der Waals surface area contributed by atoms with Crippen molar-refractivity contribution in [3.8, 4) is 0 Å². The number of hydrogen-bond acceptors (Lipinski definition) is 2. The molecule has 0 bridgehead atoms. The van der Waals surface area contributed by atoms with Gasteiger partial charge in [0.05, 0.1) is 0 Å². The molecule has 0 N–H and O–H groups in total. The molecule has 0 atom stereocenters. The molecule has 1 nitrogen and oxygen atoms in total. The van der Waals surface area contributed by atoms with Crippen LogP contribution in [0.15, 0.2) is 0 Å². The maximum atomic E-state index is 5.73. The molecule has 0 saturated carbocycles. The maximum absolute atomic E-state index is 5.73. The van der Waals surface area contributed by atoms with E-state index in [1.54, 1.807) is 0 Å². The molecule has 0 amide bonds. The zero-order valence-electron chi connectivity index (χ0n) is 16.6. The molecule has 0 unspecified atom stereocenters. The van der Waals surface area contributed by atoms with Gasteiger partial charge in [0.1, 0.15) is 0 Å². The van der Waals surface area contributed by atoms with Crippen molar-refractivity contribution >= 4 is 11.8 Å². The topological polar surface area (TPSA) is 9.23 Å². The number of unbranched alkanes of at least 4 members (excludes halogenated alkanes) is 9. The van der Waals surface area contributed by atoms with E-state index in [-0.39, 0.29) is 0 Å². The van der Waals surface area contributed by atoms with Crippen LogP contribution in [0.1, 0.15) is 105 Å². The molecular formula is C21H44OS. The van der Waals surface area contributed by atoms with Gasteiger partial charge >= 0.3 is 0 Å². The summed E-state index contributed by atoms with van der Waals surface area (Å²) in [5.41, 5.74) is 0.456. The van der Waals surface area contributed by atoms with E-state index in [9.17, 15) is 0 Å². The molecular weight excluding hydrogens is 300 g/mol. The highest BCUT2D eigenvalue weighted by Crippen LogP contribution is 2.20. The standard InChI is InChI=1S/C21H44OS/c1-5-23-20-15-13-11-9-7-6-8-10-12-14-18-22-19-16-17-21(2,3)4/h5-20H2,1-4H3. The summed E-state index contributed by atoms with van der Waals surface area (Å²) >= 11 is 2.08. The highest BCUT2D eigenvalue weighted by Gasteiger charge is 2.08. The van der Waals surface area contributed by atoms with Crippen LogP contribution in [0.4, 0.5) is 0 Å². The van der Waals surface area contributed by atoms with Gasteiger partial charge in [-0.15, -0.1) is 0 Å². The highest BCUT2D eigenvalue weighted by atomic mass is 32.2. The highest BCUT2D eigenvalue weighted by molar-refractivity contribution is 7.99. The second-order valence-electron chi connectivity index (χ2n) is 8.01. The first-order chi connectivity index (χ1) is 11.1. The van der Waals surface area contributed by atoms with E-state index in [0.29, 0.717) is 5.41 Å². The summed E-state index contributed by atoms with van der Waals surface area (Å²) < 4.78 is 5.73. The Bertz CT molecular complexity index is 222. The molecule has 0 heterocycles. The molecule has 0 aromatic rings. The monoisotopic (exact) mass is 344 g/mol. The fourth-order valence-corrected chi connectivity index (χ4v) is 3.47. The van der Waals surface area contributed by atoms with E-state index in [2.05, 4.69) is 39.5 Å². The van der Waals surface area contributed by atoms with Gasteiger partial charge in [0.15, 0.2) is 0 Å². The zero-order valence-corrected chi connectivity index (χ0v) is 17.4. The summed E-state index contributed by atoms with van der Waals surface area (Å²) in [6.45, 7) is 11.1. The van der Waals surface area contributed by atoms with E-state index in [1.165, 1.54) is 88.6 Å². The molecule has 0 spiro atoms. The fourth-order valence-electron chi connectivity index (χ4n) is 2.77. The second-order valence-corrected chi connectivity index (χ2v) is 9.40. The van der Waals surface area contributed by atoms with Gasteiger partial charge < -0.3 is 4.74 Å². The van der Waals surface area contributed by atoms with E-state index in [4.69, 9.17) is 4.74 Å². The smallest absolute Gasteiger partial charge is 0.0466 e. The first kappa shape index (κ1) is 23.3. The first-order valence-electron chi connectivity index (χ1n) is 10.2. The van der Waals surface area contributed by atoms with Crippen LogP contribution in [0.3, 0.4) is 0 Å². The van der Waals surface area contributed by atoms with Gasteiger partial charge in [-0.2, -0.15) is 11.8 Å². The van der Waals surface area contributed by atoms with E-state index < -0.39 is 0 Å². The zero-order chi connectivity index (χ0) is 17.2. The summed E-state index contributed by atoms with van der Waals surface area (Å²) in [5, 5.41) is 0. The summed E-state index contributed by atoms with van der Waals surface area (Å²) in [5.74, 6) is 2.65.